The third-order valence-electron chi connectivity index (χ3n) is 5.16. The average molecular weight is 452 g/mol. The summed E-state index contributed by atoms with van der Waals surface area (Å²) in [6.45, 7) is 5.77. The maximum Gasteiger partial charge on any atom is 0.243 e. The Kier molecular flexibility index (Phi) is 7.90. The normalized spacial score (nSPS) is 14.4. The topological polar surface area (TPSA) is 97.2 Å². The zero-order chi connectivity index (χ0) is 21.6. The highest BCUT2D eigenvalue weighted by molar-refractivity contribution is 7.99. The summed E-state index contributed by atoms with van der Waals surface area (Å²) in [5.74, 6) is 1.19. The van der Waals surface area contributed by atoms with Crippen molar-refractivity contribution in [1.82, 2.24) is 24.4 Å². The van der Waals surface area contributed by atoms with Crippen LogP contribution in [-0.2, 0) is 34.3 Å². The predicted octanol–water partition coefficient (Wildman–Crippen LogP) is 2.44. The summed E-state index contributed by atoms with van der Waals surface area (Å²) >= 11 is 1.40. The minimum absolute atomic E-state index is 0.0918. The van der Waals surface area contributed by atoms with Crippen LogP contribution in [0.1, 0.15) is 44.5 Å². The van der Waals surface area contributed by atoms with E-state index in [1.165, 1.54) is 22.5 Å². The summed E-state index contributed by atoms with van der Waals surface area (Å²) in [6, 6.07) is 6.66. The zero-order valence-electron chi connectivity index (χ0n) is 17.5. The lowest BCUT2D eigenvalue weighted by Crippen LogP contribution is -2.30. The van der Waals surface area contributed by atoms with Gasteiger partial charge in [0.15, 0.2) is 5.16 Å². The fourth-order valence-electron chi connectivity index (χ4n) is 3.44. The van der Waals surface area contributed by atoms with Crippen LogP contribution in [0.15, 0.2) is 34.3 Å². The molecule has 0 radical (unpaired) electrons. The van der Waals surface area contributed by atoms with Gasteiger partial charge in [-0.1, -0.05) is 44.2 Å². The van der Waals surface area contributed by atoms with Crippen LogP contribution in [0.3, 0.4) is 0 Å². The first-order valence-electron chi connectivity index (χ1n) is 10.4. The Morgan fingerprint density at radius 2 is 1.87 bits per heavy atom. The molecule has 0 bridgehead atoms. The smallest absolute Gasteiger partial charge is 0.243 e. The molecule has 1 aromatic carbocycles. The Balaban J connectivity index is 1.51. The average Bonchev–Trinajstić information content (AvgIpc) is 2.97. The quantitative estimate of drug-likeness (QED) is 0.588. The van der Waals surface area contributed by atoms with Crippen LogP contribution in [0, 0.1) is 0 Å². The number of hydrogen-bond acceptors (Lipinski definition) is 6. The van der Waals surface area contributed by atoms with E-state index in [1.807, 2.05) is 13.8 Å². The molecule has 0 atom stereocenters. The third-order valence-corrected chi connectivity index (χ3v) is 8.20. The van der Waals surface area contributed by atoms with Crippen LogP contribution in [-0.4, -0.2) is 52.2 Å². The number of aromatic nitrogens is 3. The Morgan fingerprint density at radius 1 is 1.13 bits per heavy atom. The number of benzene rings is 1. The lowest BCUT2D eigenvalue weighted by molar-refractivity contribution is -0.118. The van der Waals surface area contributed by atoms with Crippen molar-refractivity contribution in [3.05, 3.63) is 35.7 Å². The summed E-state index contributed by atoms with van der Waals surface area (Å²) in [7, 11) is -3.47. The number of nitrogens with zero attached hydrogens (tertiary/aromatic N) is 4. The van der Waals surface area contributed by atoms with Gasteiger partial charge in [0, 0.05) is 32.6 Å². The predicted molar refractivity (Wildman–Crippen MR) is 117 cm³/mol. The number of carbonyl (C=O) groups excluding carboxylic acids is 1. The number of nitrogens with one attached hydrogen (secondary N) is 1. The molecule has 3 rings (SSSR count). The van der Waals surface area contributed by atoms with Crippen molar-refractivity contribution in [3.63, 3.8) is 0 Å². The van der Waals surface area contributed by atoms with E-state index >= 15 is 0 Å². The molecular weight excluding hydrogens is 422 g/mol. The molecule has 0 saturated heterocycles. The molecule has 1 N–H and O–H groups in total. The summed E-state index contributed by atoms with van der Waals surface area (Å²) < 4.78 is 28.6. The van der Waals surface area contributed by atoms with Gasteiger partial charge in [-0.25, -0.2) is 8.42 Å². The molecule has 0 saturated carbocycles. The van der Waals surface area contributed by atoms with E-state index in [9.17, 15) is 13.2 Å². The van der Waals surface area contributed by atoms with Crippen LogP contribution in [0.2, 0.25) is 0 Å². The Hall–Kier alpha value is -1.91. The van der Waals surface area contributed by atoms with E-state index in [2.05, 4.69) is 20.1 Å². The molecule has 0 spiro atoms. The van der Waals surface area contributed by atoms with Gasteiger partial charge in [-0.05, 0) is 30.5 Å². The number of thioether (sulfide) groups is 1. The maximum absolute atomic E-state index is 12.5. The second-order valence-corrected chi connectivity index (χ2v) is 10.0. The highest BCUT2D eigenvalue weighted by Gasteiger charge is 2.21. The van der Waals surface area contributed by atoms with E-state index in [4.69, 9.17) is 0 Å². The summed E-state index contributed by atoms with van der Waals surface area (Å²) in [5, 5.41) is 12.2. The van der Waals surface area contributed by atoms with E-state index in [-0.39, 0.29) is 16.6 Å². The molecule has 1 aliphatic rings. The fraction of sp³-hybridized carbons (Fsp3) is 0.550. The highest BCUT2D eigenvalue weighted by atomic mass is 32.2. The number of hydrogen-bond donors (Lipinski definition) is 1. The van der Waals surface area contributed by atoms with Crippen LogP contribution in [0.25, 0.3) is 0 Å². The lowest BCUT2D eigenvalue weighted by atomic mass is 10.2. The number of carbonyl (C=O) groups is 1. The summed E-state index contributed by atoms with van der Waals surface area (Å²) in [5.41, 5.74) is 0.850. The largest absolute Gasteiger partial charge is 0.351 e. The van der Waals surface area contributed by atoms with Crippen molar-refractivity contribution in [3.8, 4) is 0 Å². The van der Waals surface area contributed by atoms with Crippen molar-refractivity contribution < 1.29 is 13.2 Å². The Labute approximate surface area is 182 Å². The molecular formula is C20H29N5O3S2. The molecule has 10 heteroatoms. The lowest BCUT2D eigenvalue weighted by Gasteiger charge is -2.18. The molecule has 0 aliphatic carbocycles. The summed E-state index contributed by atoms with van der Waals surface area (Å²) in [4.78, 5) is 12.5. The van der Waals surface area contributed by atoms with Gasteiger partial charge in [0.1, 0.15) is 5.82 Å². The minimum Gasteiger partial charge on any atom is -0.351 e. The number of rotatable bonds is 9. The molecule has 2 aromatic rings. The van der Waals surface area contributed by atoms with Gasteiger partial charge in [0.2, 0.25) is 15.9 Å². The fourth-order valence-corrected chi connectivity index (χ4v) is 5.71. The van der Waals surface area contributed by atoms with E-state index in [0.29, 0.717) is 19.6 Å². The van der Waals surface area contributed by atoms with Crippen LogP contribution in [0.4, 0.5) is 0 Å². The van der Waals surface area contributed by atoms with E-state index in [1.54, 1.807) is 24.3 Å². The molecule has 30 heavy (non-hydrogen) atoms. The first kappa shape index (κ1) is 22.8. The van der Waals surface area contributed by atoms with Crippen LogP contribution < -0.4 is 5.32 Å². The van der Waals surface area contributed by atoms with Gasteiger partial charge in [-0.2, -0.15) is 4.31 Å². The molecule has 0 unspecified atom stereocenters. The highest BCUT2D eigenvalue weighted by Crippen LogP contribution is 2.21. The van der Waals surface area contributed by atoms with Crippen molar-refractivity contribution in [2.24, 2.45) is 0 Å². The number of aryl methyl sites for hydroxylation is 1. The first-order valence-corrected chi connectivity index (χ1v) is 12.8. The molecule has 1 aromatic heterocycles. The molecule has 1 amide bonds. The summed E-state index contributed by atoms with van der Waals surface area (Å²) in [6.07, 6.45) is 4.39. The third kappa shape index (κ3) is 5.41. The van der Waals surface area contributed by atoms with Crippen LogP contribution in [0.5, 0.6) is 0 Å². The van der Waals surface area contributed by atoms with Crippen molar-refractivity contribution in [2.45, 2.75) is 62.7 Å². The van der Waals surface area contributed by atoms with E-state index in [0.717, 1.165) is 42.4 Å². The number of amides is 1. The van der Waals surface area contributed by atoms with Gasteiger partial charge in [0.25, 0.3) is 0 Å². The number of fused-ring (bicyclic) bond motifs is 1. The maximum atomic E-state index is 12.5. The van der Waals surface area contributed by atoms with Crippen molar-refractivity contribution >= 4 is 27.7 Å². The van der Waals surface area contributed by atoms with Gasteiger partial charge >= 0.3 is 0 Å². The number of sulfonamides is 1. The molecule has 164 valence electrons. The first-order chi connectivity index (χ1) is 14.5. The monoisotopic (exact) mass is 451 g/mol. The second-order valence-electron chi connectivity index (χ2n) is 7.16. The second kappa shape index (κ2) is 10.4. The molecule has 1 aliphatic heterocycles. The van der Waals surface area contributed by atoms with Gasteiger partial charge in [-0.3, -0.25) is 4.79 Å². The zero-order valence-corrected chi connectivity index (χ0v) is 19.1. The van der Waals surface area contributed by atoms with E-state index < -0.39 is 10.0 Å². The van der Waals surface area contributed by atoms with Crippen molar-refractivity contribution in [2.75, 3.05) is 18.8 Å². The molecule has 0 fully saturated rings. The minimum atomic E-state index is -3.47. The Morgan fingerprint density at radius 3 is 2.57 bits per heavy atom. The van der Waals surface area contributed by atoms with Gasteiger partial charge < -0.3 is 9.88 Å². The molecule has 2 heterocycles. The van der Waals surface area contributed by atoms with Crippen molar-refractivity contribution in [1.29, 1.82) is 0 Å². The van der Waals surface area contributed by atoms with Crippen LogP contribution >= 0.6 is 11.8 Å². The molecule has 8 nitrogen and oxygen atoms in total. The Bertz CT molecular complexity index is 953. The standard InChI is InChI=1S/C20H29N5O3S2/c1-3-24(4-2)30(27,28)17-11-9-16(10-12-17)14-21-19(26)15-29-20-23-22-18-8-6-5-7-13-25(18)20/h9-12H,3-8,13-15H2,1-2H3,(H,21,26). The SMILES string of the molecule is CCN(CC)S(=O)(=O)c1ccc(CNC(=O)CSc2nnc3n2CCCCC3)cc1. The van der Waals surface area contributed by atoms with Gasteiger partial charge in [-0.15, -0.1) is 10.2 Å². The van der Waals surface area contributed by atoms with Gasteiger partial charge in [0.05, 0.1) is 10.6 Å².